The number of ether oxygens (including phenoxy) is 1. The highest BCUT2D eigenvalue weighted by molar-refractivity contribution is 5.67. The summed E-state index contributed by atoms with van der Waals surface area (Å²) in [5.74, 6) is -0.600. The fourth-order valence-corrected chi connectivity index (χ4v) is 1.83. The van der Waals surface area contributed by atoms with Crippen LogP contribution >= 0.6 is 0 Å². The fourth-order valence-electron chi connectivity index (χ4n) is 1.83. The van der Waals surface area contributed by atoms with Crippen molar-refractivity contribution in [3.8, 4) is 0 Å². The SMILES string of the molecule is Nc1ncnc(N[C@@H]2O[C@H](CO)C(O)[C@@H]2O)c1[N+](=O)[O-]. The van der Waals surface area contributed by atoms with Crippen molar-refractivity contribution in [2.45, 2.75) is 24.5 Å². The second-order valence-electron chi connectivity index (χ2n) is 4.12. The zero-order chi connectivity index (χ0) is 14.9. The van der Waals surface area contributed by atoms with Gasteiger partial charge in [-0.3, -0.25) is 10.1 Å². The lowest BCUT2D eigenvalue weighted by molar-refractivity contribution is -0.383. The van der Waals surface area contributed by atoms with Crippen LogP contribution in [0.5, 0.6) is 0 Å². The number of aliphatic hydroxyl groups excluding tert-OH is 3. The molecule has 0 radical (unpaired) electrons. The topological polar surface area (TPSA) is 177 Å². The first kappa shape index (κ1) is 14.3. The van der Waals surface area contributed by atoms with Crippen LogP contribution in [0.15, 0.2) is 6.33 Å². The van der Waals surface area contributed by atoms with Crippen molar-refractivity contribution < 1.29 is 25.0 Å². The molecule has 4 atom stereocenters. The van der Waals surface area contributed by atoms with Gasteiger partial charge in [0.2, 0.25) is 11.6 Å². The summed E-state index contributed by atoms with van der Waals surface area (Å²) in [7, 11) is 0. The first-order valence-corrected chi connectivity index (χ1v) is 5.59. The number of aromatic nitrogens is 2. The molecule has 2 rings (SSSR count). The highest BCUT2D eigenvalue weighted by atomic mass is 16.6. The lowest BCUT2D eigenvalue weighted by atomic mass is 10.1. The summed E-state index contributed by atoms with van der Waals surface area (Å²) in [6.07, 6.45) is -3.87. The van der Waals surface area contributed by atoms with E-state index in [1.54, 1.807) is 0 Å². The Kier molecular flexibility index (Phi) is 3.94. The predicted molar refractivity (Wildman–Crippen MR) is 64.5 cm³/mol. The Bertz CT molecular complexity index is 514. The van der Waals surface area contributed by atoms with Crippen LogP contribution in [0.3, 0.4) is 0 Å². The monoisotopic (exact) mass is 287 g/mol. The van der Waals surface area contributed by atoms with Crippen molar-refractivity contribution in [3.63, 3.8) is 0 Å². The molecule has 1 saturated heterocycles. The summed E-state index contributed by atoms with van der Waals surface area (Å²) in [5.41, 5.74) is 4.82. The molecule has 2 heterocycles. The molecule has 0 bridgehead atoms. The maximum Gasteiger partial charge on any atom is 0.353 e. The smallest absolute Gasteiger partial charge is 0.353 e. The van der Waals surface area contributed by atoms with E-state index >= 15 is 0 Å². The quantitative estimate of drug-likeness (QED) is 0.302. The molecule has 1 fully saturated rings. The molecule has 1 aromatic heterocycles. The average Bonchev–Trinajstić information content (AvgIpc) is 2.66. The van der Waals surface area contributed by atoms with Crippen LogP contribution in [-0.2, 0) is 4.74 Å². The zero-order valence-electron chi connectivity index (χ0n) is 10.1. The summed E-state index contributed by atoms with van der Waals surface area (Å²) in [5, 5.41) is 41.6. The lowest BCUT2D eigenvalue weighted by Gasteiger charge is -2.16. The number of hydrogen-bond donors (Lipinski definition) is 5. The van der Waals surface area contributed by atoms with Gasteiger partial charge in [-0.15, -0.1) is 0 Å². The second-order valence-corrected chi connectivity index (χ2v) is 4.12. The largest absolute Gasteiger partial charge is 0.394 e. The van der Waals surface area contributed by atoms with Crippen molar-refractivity contribution in [1.29, 1.82) is 0 Å². The van der Waals surface area contributed by atoms with Crippen molar-refractivity contribution in [1.82, 2.24) is 9.97 Å². The van der Waals surface area contributed by atoms with Crippen LogP contribution in [0.25, 0.3) is 0 Å². The van der Waals surface area contributed by atoms with E-state index in [2.05, 4.69) is 15.3 Å². The van der Waals surface area contributed by atoms with E-state index in [4.69, 9.17) is 15.6 Å². The summed E-state index contributed by atoms with van der Waals surface area (Å²) in [6, 6.07) is 0. The van der Waals surface area contributed by atoms with Crippen LogP contribution in [-0.4, -0.2) is 61.4 Å². The first-order valence-electron chi connectivity index (χ1n) is 5.59. The minimum atomic E-state index is -1.39. The molecule has 11 nitrogen and oxygen atoms in total. The molecular weight excluding hydrogens is 274 g/mol. The Morgan fingerprint density at radius 2 is 2.15 bits per heavy atom. The Hall–Kier alpha value is -2.08. The molecule has 0 saturated carbocycles. The maximum atomic E-state index is 10.9. The number of rotatable bonds is 4. The van der Waals surface area contributed by atoms with E-state index in [1.165, 1.54) is 0 Å². The van der Waals surface area contributed by atoms with Crippen molar-refractivity contribution in [3.05, 3.63) is 16.4 Å². The molecule has 11 heteroatoms. The van der Waals surface area contributed by atoms with Gasteiger partial charge in [-0.2, -0.15) is 0 Å². The van der Waals surface area contributed by atoms with Gasteiger partial charge in [-0.25, -0.2) is 9.97 Å². The third-order valence-electron chi connectivity index (χ3n) is 2.85. The van der Waals surface area contributed by atoms with Crippen LogP contribution in [0.2, 0.25) is 0 Å². The molecule has 1 aromatic rings. The van der Waals surface area contributed by atoms with Crippen molar-refractivity contribution in [2.75, 3.05) is 17.7 Å². The predicted octanol–water partition coefficient (Wildman–Crippen LogP) is -2.18. The second kappa shape index (κ2) is 5.50. The number of nitrogens with one attached hydrogen (secondary N) is 1. The van der Waals surface area contributed by atoms with Crippen LogP contribution < -0.4 is 11.1 Å². The fraction of sp³-hybridized carbons (Fsp3) is 0.556. The van der Waals surface area contributed by atoms with Gasteiger partial charge in [0.1, 0.15) is 24.6 Å². The highest BCUT2D eigenvalue weighted by Gasteiger charge is 2.43. The van der Waals surface area contributed by atoms with E-state index in [0.29, 0.717) is 0 Å². The van der Waals surface area contributed by atoms with Crippen LogP contribution in [0, 0.1) is 10.1 Å². The average molecular weight is 287 g/mol. The van der Waals surface area contributed by atoms with E-state index in [9.17, 15) is 20.3 Å². The molecule has 20 heavy (non-hydrogen) atoms. The summed E-state index contributed by atoms with van der Waals surface area (Å²) >= 11 is 0. The van der Waals surface area contributed by atoms with Gasteiger partial charge in [0.25, 0.3) is 0 Å². The van der Waals surface area contributed by atoms with Crippen LogP contribution in [0.1, 0.15) is 0 Å². The molecule has 0 spiro atoms. The standard InChI is InChI=1S/C9H13N5O6/c10-7-4(14(18)19)8(12-2-11-7)13-9-6(17)5(16)3(1-15)20-9/h2-3,5-6,9,15-17H,1H2,(H3,10,11,12,13)/t3-,5?,6+,9-/m1/s1. The normalized spacial score (nSPS) is 29.4. The molecule has 1 unspecified atom stereocenters. The number of aliphatic hydroxyl groups is 3. The van der Waals surface area contributed by atoms with Gasteiger partial charge in [0.15, 0.2) is 6.23 Å². The van der Waals surface area contributed by atoms with Gasteiger partial charge >= 0.3 is 5.69 Å². The van der Waals surface area contributed by atoms with Gasteiger partial charge in [-0.05, 0) is 0 Å². The van der Waals surface area contributed by atoms with Gasteiger partial charge in [0.05, 0.1) is 11.5 Å². The Morgan fingerprint density at radius 1 is 1.45 bits per heavy atom. The minimum absolute atomic E-state index is 0.252. The first-order chi connectivity index (χ1) is 9.45. The molecule has 6 N–H and O–H groups in total. The number of nitrogens with two attached hydrogens (primary N) is 1. The van der Waals surface area contributed by atoms with Gasteiger partial charge in [0, 0.05) is 0 Å². The van der Waals surface area contributed by atoms with E-state index in [-0.39, 0.29) is 11.6 Å². The van der Waals surface area contributed by atoms with Crippen molar-refractivity contribution >= 4 is 17.3 Å². The number of anilines is 2. The van der Waals surface area contributed by atoms with E-state index in [1.807, 2.05) is 0 Å². The number of nitrogen functional groups attached to an aromatic ring is 1. The molecule has 0 aliphatic carbocycles. The summed E-state index contributed by atoms with van der Waals surface area (Å²) in [6.45, 7) is -0.510. The molecular formula is C9H13N5O6. The third kappa shape index (κ3) is 2.46. The molecule has 110 valence electrons. The summed E-state index contributed by atoms with van der Waals surface area (Å²) in [4.78, 5) is 17.3. The number of nitro groups is 1. The highest BCUT2D eigenvalue weighted by Crippen LogP contribution is 2.29. The Labute approximate surface area is 112 Å². The van der Waals surface area contributed by atoms with Crippen molar-refractivity contribution in [2.24, 2.45) is 0 Å². The number of nitrogens with zero attached hydrogens (tertiary/aromatic N) is 3. The van der Waals surface area contributed by atoms with Gasteiger partial charge in [-0.1, -0.05) is 0 Å². The Morgan fingerprint density at radius 3 is 2.70 bits per heavy atom. The van der Waals surface area contributed by atoms with E-state index < -0.39 is 41.8 Å². The zero-order valence-corrected chi connectivity index (χ0v) is 10.1. The Balaban J connectivity index is 2.23. The molecule has 0 aromatic carbocycles. The number of hydrogen-bond acceptors (Lipinski definition) is 10. The summed E-state index contributed by atoms with van der Waals surface area (Å²) < 4.78 is 5.13. The lowest BCUT2D eigenvalue weighted by Crippen LogP contribution is -2.36. The maximum absolute atomic E-state index is 10.9. The molecule has 1 aliphatic rings. The van der Waals surface area contributed by atoms with E-state index in [0.717, 1.165) is 6.33 Å². The molecule has 0 amide bonds. The molecule has 1 aliphatic heterocycles. The van der Waals surface area contributed by atoms with Crippen LogP contribution in [0.4, 0.5) is 17.3 Å². The third-order valence-corrected chi connectivity index (χ3v) is 2.85. The minimum Gasteiger partial charge on any atom is -0.394 e. The van der Waals surface area contributed by atoms with Gasteiger partial charge < -0.3 is 31.1 Å².